The van der Waals surface area contributed by atoms with Gasteiger partial charge in [-0.2, -0.15) is 11.3 Å². The van der Waals surface area contributed by atoms with Crippen molar-refractivity contribution in [2.75, 3.05) is 0 Å². The topological polar surface area (TPSA) is 17.1 Å². The molecule has 1 nitrogen and oxygen atoms in total. The lowest BCUT2D eigenvalue weighted by Crippen LogP contribution is -2.28. The van der Waals surface area contributed by atoms with Crippen molar-refractivity contribution in [3.05, 3.63) is 22.4 Å². The molecule has 0 amide bonds. The van der Waals surface area contributed by atoms with Gasteiger partial charge < -0.3 is 4.79 Å². The normalized spacial score (nSPS) is 20.6. The summed E-state index contributed by atoms with van der Waals surface area (Å²) >= 11 is 1.72. The number of thiophene rings is 1. The second-order valence-corrected chi connectivity index (χ2v) is 5.13. The zero-order valence-corrected chi connectivity index (χ0v) is 9.19. The fourth-order valence-electron chi connectivity index (χ4n) is 2.39. The van der Waals surface area contributed by atoms with Crippen molar-refractivity contribution in [1.29, 1.82) is 0 Å². The Kier molecular flexibility index (Phi) is 3.02. The summed E-state index contributed by atoms with van der Waals surface area (Å²) in [5.41, 5.74) is 1.31. The third-order valence-electron chi connectivity index (χ3n) is 3.24. The molecule has 0 spiro atoms. The lowest BCUT2D eigenvalue weighted by atomic mass is 9.72. The molecule has 1 saturated carbocycles. The molecule has 0 saturated heterocycles. The van der Waals surface area contributed by atoms with Crippen LogP contribution >= 0.6 is 11.3 Å². The second kappa shape index (κ2) is 4.26. The van der Waals surface area contributed by atoms with Crippen LogP contribution in [0, 0.1) is 5.41 Å². The third-order valence-corrected chi connectivity index (χ3v) is 3.97. The molecule has 0 radical (unpaired) electrons. The number of carbonyl (C=O) groups excluding carboxylic acids is 1. The number of rotatable bonds is 3. The number of hydrogen-bond donors (Lipinski definition) is 0. The molecule has 1 fully saturated rings. The van der Waals surface area contributed by atoms with Crippen LogP contribution in [0.1, 0.15) is 37.7 Å². The first-order chi connectivity index (χ1) is 6.85. The first-order valence-corrected chi connectivity index (χ1v) is 6.26. The minimum Gasteiger partial charge on any atom is -0.303 e. The van der Waals surface area contributed by atoms with Crippen LogP contribution in [-0.4, -0.2) is 6.29 Å². The van der Waals surface area contributed by atoms with Gasteiger partial charge in [0.2, 0.25) is 0 Å². The van der Waals surface area contributed by atoms with E-state index in [2.05, 4.69) is 16.8 Å². The molecule has 14 heavy (non-hydrogen) atoms. The monoisotopic (exact) mass is 208 g/mol. The van der Waals surface area contributed by atoms with Crippen molar-refractivity contribution < 1.29 is 4.79 Å². The quantitative estimate of drug-likeness (QED) is 0.695. The SMILES string of the molecule is O=CC1(Cc2ccsc2)CCCCC1. The molecular formula is C12H16OS. The third kappa shape index (κ3) is 2.06. The lowest BCUT2D eigenvalue weighted by molar-refractivity contribution is -0.117. The molecule has 1 aliphatic carbocycles. The van der Waals surface area contributed by atoms with Crippen LogP contribution in [0.15, 0.2) is 16.8 Å². The summed E-state index contributed by atoms with van der Waals surface area (Å²) in [6.07, 6.45) is 8.10. The van der Waals surface area contributed by atoms with Crippen LogP contribution in [0.3, 0.4) is 0 Å². The second-order valence-electron chi connectivity index (χ2n) is 4.35. The molecular weight excluding hydrogens is 192 g/mol. The molecule has 2 heteroatoms. The van der Waals surface area contributed by atoms with Crippen LogP contribution in [0.2, 0.25) is 0 Å². The van der Waals surface area contributed by atoms with Gasteiger partial charge in [0, 0.05) is 5.41 Å². The predicted molar refractivity (Wildman–Crippen MR) is 59.6 cm³/mol. The van der Waals surface area contributed by atoms with Gasteiger partial charge in [0.25, 0.3) is 0 Å². The average molecular weight is 208 g/mol. The highest BCUT2D eigenvalue weighted by molar-refractivity contribution is 7.07. The Balaban J connectivity index is 2.08. The van der Waals surface area contributed by atoms with E-state index >= 15 is 0 Å². The summed E-state index contributed by atoms with van der Waals surface area (Å²) < 4.78 is 0. The molecule has 0 atom stereocenters. The Morgan fingerprint density at radius 3 is 2.71 bits per heavy atom. The molecule has 1 heterocycles. The van der Waals surface area contributed by atoms with E-state index in [9.17, 15) is 4.79 Å². The fourth-order valence-corrected chi connectivity index (χ4v) is 3.06. The Bertz CT molecular complexity index is 283. The summed E-state index contributed by atoms with van der Waals surface area (Å²) in [6, 6.07) is 2.14. The molecule has 0 unspecified atom stereocenters. The van der Waals surface area contributed by atoms with Gasteiger partial charge in [-0.1, -0.05) is 19.3 Å². The lowest BCUT2D eigenvalue weighted by Gasteiger charge is -2.31. The van der Waals surface area contributed by atoms with Crippen LogP contribution in [0.5, 0.6) is 0 Å². The predicted octanol–water partition coefficient (Wildman–Crippen LogP) is 3.44. The Morgan fingerprint density at radius 2 is 2.14 bits per heavy atom. The van der Waals surface area contributed by atoms with E-state index in [0.717, 1.165) is 19.3 Å². The first-order valence-electron chi connectivity index (χ1n) is 5.32. The van der Waals surface area contributed by atoms with Crippen LogP contribution in [0.25, 0.3) is 0 Å². The van der Waals surface area contributed by atoms with Crippen LogP contribution in [0.4, 0.5) is 0 Å². The highest BCUT2D eigenvalue weighted by atomic mass is 32.1. The maximum absolute atomic E-state index is 11.2. The average Bonchev–Trinajstić information content (AvgIpc) is 2.72. The van der Waals surface area contributed by atoms with E-state index in [-0.39, 0.29) is 5.41 Å². The number of hydrogen-bond acceptors (Lipinski definition) is 2. The van der Waals surface area contributed by atoms with Crippen LogP contribution < -0.4 is 0 Å². The van der Waals surface area contributed by atoms with Gasteiger partial charge in [-0.05, 0) is 41.7 Å². The maximum atomic E-state index is 11.2. The van der Waals surface area contributed by atoms with E-state index in [4.69, 9.17) is 0 Å². The van der Waals surface area contributed by atoms with Gasteiger partial charge >= 0.3 is 0 Å². The van der Waals surface area contributed by atoms with Crippen LogP contribution in [-0.2, 0) is 11.2 Å². The van der Waals surface area contributed by atoms with Crippen molar-refractivity contribution in [1.82, 2.24) is 0 Å². The molecule has 2 rings (SSSR count). The van der Waals surface area contributed by atoms with E-state index in [1.54, 1.807) is 11.3 Å². The Hall–Kier alpha value is -0.630. The minimum atomic E-state index is -0.0284. The zero-order chi connectivity index (χ0) is 9.86. The van der Waals surface area contributed by atoms with Gasteiger partial charge in [0.15, 0.2) is 0 Å². The molecule has 0 aromatic carbocycles. The van der Waals surface area contributed by atoms with Crippen molar-refractivity contribution in [2.45, 2.75) is 38.5 Å². The van der Waals surface area contributed by atoms with Gasteiger partial charge in [0.1, 0.15) is 6.29 Å². The molecule has 0 aliphatic heterocycles. The molecule has 76 valence electrons. The Labute approximate surface area is 89.1 Å². The minimum absolute atomic E-state index is 0.0284. The van der Waals surface area contributed by atoms with Gasteiger partial charge in [-0.15, -0.1) is 0 Å². The van der Waals surface area contributed by atoms with E-state index in [0.29, 0.717) is 0 Å². The summed E-state index contributed by atoms with van der Waals surface area (Å²) in [6.45, 7) is 0. The van der Waals surface area contributed by atoms with Crippen molar-refractivity contribution in [3.8, 4) is 0 Å². The highest BCUT2D eigenvalue weighted by Gasteiger charge is 2.31. The van der Waals surface area contributed by atoms with E-state index < -0.39 is 0 Å². The number of carbonyl (C=O) groups is 1. The molecule has 1 aliphatic rings. The Morgan fingerprint density at radius 1 is 1.36 bits per heavy atom. The largest absolute Gasteiger partial charge is 0.303 e. The molecule has 1 aromatic heterocycles. The maximum Gasteiger partial charge on any atom is 0.126 e. The standard InChI is InChI=1S/C12H16OS/c13-10-12(5-2-1-3-6-12)8-11-4-7-14-9-11/h4,7,9-10H,1-3,5-6,8H2. The molecule has 1 aromatic rings. The van der Waals surface area contributed by atoms with Gasteiger partial charge in [0.05, 0.1) is 0 Å². The van der Waals surface area contributed by atoms with Crippen molar-refractivity contribution >= 4 is 17.6 Å². The first kappa shape index (κ1) is 9.91. The molecule has 0 bridgehead atoms. The zero-order valence-electron chi connectivity index (χ0n) is 8.37. The summed E-state index contributed by atoms with van der Waals surface area (Å²) in [7, 11) is 0. The summed E-state index contributed by atoms with van der Waals surface area (Å²) in [4.78, 5) is 11.2. The molecule has 0 N–H and O–H groups in total. The summed E-state index contributed by atoms with van der Waals surface area (Å²) in [5.74, 6) is 0. The van der Waals surface area contributed by atoms with Crippen molar-refractivity contribution in [3.63, 3.8) is 0 Å². The number of aldehydes is 1. The van der Waals surface area contributed by atoms with Gasteiger partial charge in [-0.3, -0.25) is 0 Å². The van der Waals surface area contributed by atoms with E-state index in [1.807, 2.05) is 0 Å². The smallest absolute Gasteiger partial charge is 0.126 e. The van der Waals surface area contributed by atoms with Gasteiger partial charge in [-0.25, -0.2) is 0 Å². The van der Waals surface area contributed by atoms with Crippen molar-refractivity contribution in [2.24, 2.45) is 5.41 Å². The highest BCUT2D eigenvalue weighted by Crippen LogP contribution is 2.37. The fraction of sp³-hybridized carbons (Fsp3) is 0.583. The van der Waals surface area contributed by atoms with E-state index in [1.165, 1.54) is 31.1 Å². The summed E-state index contributed by atoms with van der Waals surface area (Å²) in [5, 5.41) is 4.26.